The van der Waals surface area contributed by atoms with Gasteiger partial charge in [-0.25, -0.2) is 0 Å². The largest absolute Gasteiger partial charge is 0.362 e. The van der Waals surface area contributed by atoms with E-state index in [2.05, 4.69) is 20.8 Å². The van der Waals surface area contributed by atoms with Crippen LogP contribution in [0.1, 0.15) is 46.5 Å². The monoisotopic (exact) mass is 192 g/mol. The van der Waals surface area contributed by atoms with Crippen LogP contribution < -0.4 is 0 Å². The lowest BCUT2D eigenvalue weighted by Crippen LogP contribution is -2.15. The summed E-state index contributed by atoms with van der Waals surface area (Å²) in [6.07, 6.45) is 4.70. The minimum absolute atomic E-state index is 0.0909. The van der Waals surface area contributed by atoms with Gasteiger partial charge in [0.2, 0.25) is 0 Å². The van der Waals surface area contributed by atoms with Crippen molar-refractivity contribution in [3.05, 3.63) is 0 Å². The highest BCUT2D eigenvalue weighted by atomic mass is 35.5. The number of hydrogen-bond acceptors (Lipinski definition) is 1. The molecule has 0 aromatic carbocycles. The molecule has 0 rings (SSSR count). The molecule has 74 valence electrons. The molecule has 0 saturated heterocycles. The summed E-state index contributed by atoms with van der Waals surface area (Å²) < 4.78 is 5.46. The molecule has 0 N–H and O–H groups in total. The van der Waals surface area contributed by atoms with Crippen LogP contribution in [-0.4, -0.2) is 12.2 Å². The van der Waals surface area contributed by atoms with Gasteiger partial charge in [0.05, 0.1) is 0 Å². The maximum atomic E-state index is 5.99. The van der Waals surface area contributed by atoms with Crippen LogP contribution in [0, 0.1) is 5.92 Å². The summed E-state index contributed by atoms with van der Waals surface area (Å²) in [6.45, 7) is 7.26. The maximum Gasteiger partial charge on any atom is 0.133 e. The second kappa shape index (κ2) is 7.88. The molecule has 0 fully saturated rings. The zero-order valence-electron chi connectivity index (χ0n) is 8.48. The number of ether oxygens (including phenoxy) is 1. The van der Waals surface area contributed by atoms with Crippen molar-refractivity contribution in [1.82, 2.24) is 0 Å². The third kappa shape index (κ3) is 5.84. The molecule has 0 spiro atoms. The van der Waals surface area contributed by atoms with Gasteiger partial charge in [0.15, 0.2) is 0 Å². The Morgan fingerprint density at radius 2 is 1.92 bits per heavy atom. The van der Waals surface area contributed by atoms with Crippen molar-refractivity contribution in [3.63, 3.8) is 0 Å². The quantitative estimate of drug-likeness (QED) is 0.441. The average molecular weight is 193 g/mol. The Hall–Kier alpha value is 0.250. The summed E-state index contributed by atoms with van der Waals surface area (Å²) in [7, 11) is 0. The van der Waals surface area contributed by atoms with Gasteiger partial charge in [-0.2, -0.15) is 0 Å². The van der Waals surface area contributed by atoms with Gasteiger partial charge in [0.1, 0.15) is 5.56 Å². The molecule has 0 aromatic rings. The Labute approximate surface area is 81.4 Å². The predicted molar refractivity (Wildman–Crippen MR) is 54.6 cm³/mol. The molecule has 0 saturated carbocycles. The topological polar surface area (TPSA) is 9.23 Å². The fourth-order valence-corrected chi connectivity index (χ4v) is 1.16. The van der Waals surface area contributed by atoms with Crippen molar-refractivity contribution in [2.75, 3.05) is 6.61 Å². The molecular formula is C10H21ClO. The van der Waals surface area contributed by atoms with E-state index < -0.39 is 0 Å². The molecule has 0 aromatic heterocycles. The first kappa shape index (κ1) is 12.2. The number of alkyl halides is 1. The van der Waals surface area contributed by atoms with Crippen molar-refractivity contribution >= 4 is 11.6 Å². The Balaban J connectivity index is 3.24. The van der Waals surface area contributed by atoms with Crippen molar-refractivity contribution in [1.29, 1.82) is 0 Å². The third-order valence-corrected chi connectivity index (χ3v) is 2.67. The number of halogens is 1. The highest BCUT2D eigenvalue weighted by molar-refractivity contribution is 6.19. The Kier molecular flexibility index (Phi) is 8.04. The fourth-order valence-electron chi connectivity index (χ4n) is 0.898. The molecule has 2 heteroatoms. The number of rotatable bonds is 7. The predicted octanol–water partition coefficient (Wildman–Crippen LogP) is 3.80. The van der Waals surface area contributed by atoms with Gasteiger partial charge in [-0.05, 0) is 18.8 Å². The van der Waals surface area contributed by atoms with Gasteiger partial charge in [0.25, 0.3) is 0 Å². The zero-order chi connectivity index (χ0) is 9.40. The van der Waals surface area contributed by atoms with E-state index in [4.69, 9.17) is 16.3 Å². The van der Waals surface area contributed by atoms with E-state index >= 15 is 0 Å². The lowest BCUT2D eigenvalue weighted by Gasteiger charge is -2.16. The Morgan fingerprint density at radius 3 is 2.42 bits per heavy atom. The summed E-state index contributed by atoms with van der Waals surface area (Å²) >= 11 is 5.99. The molecule has 0 heterocycles. The summed E-state index contributed by atoms with van der Waals surface area (Å²) in [5, 5.41) is 0. The van der Waals surface area contributed by atoms with Crippen LogP contribution in [0.2, 0.25) is 0 Å². The van der Waals surface area contributed by atoms with E-state index in [-0.39, 0.29) is 5.56 Å². The first-order valence-corrected chi connectivity index (χ1v) is 5.41. The SMILES string of the molecule is CCCCCOC(Cl)C(C)CC. The summed E-state index contributed by atoms with van der Waals surface area (Å²) in [5.74, 6) is 0.466. The van der Waals surface area contributed by atoms with Gasteiger partial charge in [-0.1, -0.05) is 45.2 Å². The highest BCUT2D eigenvalue weighted by Crippen LogP contribution is 2.15. The molecule has 0 amide bonds. The normalized spacial score (nSPS) is 16.0. The van der Waals surface area contributed by atoms with Gasteiger partial charge in [-0.3, -0.25) is 0 Å². The lowest BCUT2D eigenvalue weighted by atomic mass is 10.1. The standard InChI is InChI=1S/C10H21ClO/c1-4-6-7-8-12-10(11)9(3)5-2/h9-10H,4-8H2,1-3H3. The van der Waals surface area contributed by atoms with Crippen LogP contribution in [0.4, 0.5) is 0 Å². The van der Waals surface area contributed by atoms with Crippen LogP contribution in [0.25, 0.3) is 0 Å². The smallest absolute Gasteiger partial charge is 0.133 e. The second-order valence-corrected chi connectivity index (χ2v) is 3.74. The van der Waals surface area contributed by atoms with Gasteiger partial charge in [-0.15, -0.1) is 0 Å². The molecule has 1 nitrogen and oxygen atoms in total. The maximum absolute atomic E-state index is 5.99. The van der Waals surface area contributed by atoms with Gasteiger partial charge in [0, 0.05) is 6.61 Å². The van der Waals surface area contributed by atoms with Gasteiger partial charge >= 0.3 is 0 Å². The van der Waals surface area contributed by atoms with E-state index in [1.165, 1.54) is 12.8 Å². The lowest BCUT2D eigenvalue weighted by molar-refractivity contribution is 0.0694. The molecule has 2 unspecified atom stereocenters. The summed E-state index contributed by atoms with van der Waals surface area (Å²) in [5.41, 5.74) is -0.0909. The number of hydrogen-bond donors (Lipinski definition) is 0. The van der Waals surface area contributed by atoms with E-state index in [0.29, 0.717) is 5.92 Å². The van der Waals surface area contributed by atoms with Crippen molar-refractivity contribution in [2.45, 2.75) is 52.0 Å². The average Bonchev–Trinajstić information content (AvgIpc) is 2.10. The molecular weight excluding hydrogens is 172 g/mol. The van der Waals surface area contributed by atoms with Crippen molar-refractivity contribution in [3.8, 4) is 0 Å². The molecule has 0 bridgehead atoms. The molecule has 2 atom stereocenters. The Bertz CT molecular complexity index is 95.8. The number of unbranched alkanes of at least 4 members (excludes halogenated alkanes) is 2. The van der Waals surface area contributed by atoms with E-state index in [1.807, 2.05) is 0 Å². The highest BCUT2D eigenvalue weighted by Gasteiger charge is 2.11. The van der Waals surface area contributed by atoms with Crippen molar-refractivity contribution in [2.24, 2.45) is 5.92 Å². The first-order chi connectivity index (χ1) is 5.72. The third-order valence-electron chi connectivity index (χ3n) is 2.12. The Morgan fingerprint density at radius 1 is 1.25 bits per heavy atom. The molecule has 0 radical (unpaired) electrons. The molecule has 12 heavy (non-hydrogen) atoms. The van der Waals surface area contributed by atoms with Crippen LogP contribution in [0.5, 0.6) is 0 Å². The van der Waals surface area contributed by atoms with E-state index in [9.17, 15) is 0 Å². The minimum atomic E-state index is -0.0909. The van der Waals surface area contributed by atoms with E-state index in [1.54, 1.807) is 0 Å². The van der Waals surface area contributed by atoms with Crippen molar-refractivity contribution < 1.29 is 4.74 Å². The van der Waals surface area contributed by atoms with Crippen LogP contribution in [0.15, 0.2) is 0 Å². The van der Waals surface area contributed by atoms with Crippen LogP contribution in [0.3, 0.4) is 0 Å². The second-order valence-electron chi connectivity index (χ2n) is 3.31. The molecule has 0 aliphatic heterocycles. The minimum Gasteiger partial charge on any atom is -0.362 e. The summed E-state index contributed by atoms with van der Waals surface area (Å²) in [6, 6.07) is 0. The first-order valence-electron chi connectivity index (χ1n) is 4.98. The summed E-state index contributed by atoms with van der Waals surface area (Å²) in [4.78, 5) is 0. The molecule has 0 aliphatic carbocycles. The van der Waals surface area contributed by atoms with E-state index in [0.717, 1.165) is 19.4 Å². The fraction of sp³-hybridized carbons (Fsp3) is 1.00. The van der Waals surface area contributed by atoms with Crippen LogP contribution >= 0.6 is 11.6 Å². The van der Waals surface area contributed by atoms with Gasteiger partial charge < -0.3 is 4.74 Å². The zero-order valence-corrected chi connectivity index (χ0v) is 9.23. The molecule has 0 aliphatic rings. The van der Waals surface area contributed by atoms with Crippen LogP contribution in [-0.2, 0) is 4.74 Å².